The summed E-state index contributed by atoms with van der Waals surface area (Å²) in [5, 5.41) is 8.80. The molecule has 1 aromatic rings. The summed E-state index contributed by atoms with van der Waals surface area (Å²) in [5.74, 6) is -0.263. The van der Waals surface area contributed by atoms with E-state index in [2.05, 4.69) is 16.0 Å². The predicted molar refractivity (Wildman–Crippen MR) is 89.6 cm³/mol. The molecule has 1 aliphatic heterocycles. The molecule has 0 unspecified atom stereocenters. The van der Waals surface area contributed by atoms with Crippen LogP contribution in [0.5, 0.6) is 0 Å². The van der Waals surface area contributed by atoms with Gasteiger partial charge in [0.2, 0.25) is 5.91 Å². The third-order valence-corrected chi connectivity index (χ3v) is 4.95. The number of quaternary nitrogens is 1. The van der Waals surface area contributed by atoms with Crippen LogP contribution >= 0.6 is 23.2 Å². The minimum Gasteiger partial charge on any atom is -0.342 e. The highest BCUT2D eigenvalue weighted by molar-refractivity contribution is 6.35. The van der Waals surface area contributed by atoms with Gasteiger partial charge in [-0.15, -0.1) is 0 Å². The summed E-state index contributed by atoms with van der Waals surface area (Å²) in [7, 11) is 0. The summed E-state index contributed by atoms with van der Waals surface area (Å²) in [6.45, 7) is 0. The fourth-order valence-electron chi connectivity index (χ4n) is 3.44. The van der Waals surface area contributed by atoms with Gasteiger partial charge in [0.25, 0.3) is 5.91 Å². The second kappa shape index (κ2) is 7.07. The Kier molecular flexibility index (Phi) is 5.09. The van der Waals surface area contributed by atoms with E-state index in [-0.39, 0.29) is 30.3 Å². The van der Waals surface area contributed by atoms with Crippen molar-refractivity contribution in [1.29, 1.82) is 0 Å². The molecule has 2 aliphatic rings. The smallest absolute Gasteiger partial charge is 0.279 e. The maximum absolute atomic E-state index is 12.2. The summed E-state index contributed by atoms with van der Waals surface area (Å²) >= 11 is 11.8. The maximum Gasteiger partial charge on any atom is 0.279 e. The first kappa shape index (κ1) is 16.6. The summed E-state index contributed by atoms with van der Waals surface area (Å²) in [4.78, 5) is 24.4. The average molecular weight is 357 g/mol. The molecule has 1 saturated heterocycles. The zero-order valence-electron chi connectivity index (χ0n) is 12.6. The molecule has 23 heavy (non-hydrogen) atoms. The third kappa shape index (κ3) is 4.16. The van der Waals surface area contributed by atoms with E-state index >= 15 is 0 Å². The van der Waals surface area contributed by atoms with E-state index in [1.807, 2.05) is 0 Å². The molecule has 1 heterocycles. The Morgan fingerprint density at radius 1 is 1.22 bits per heavy atom. The highest BCUT2D eigenvalue weighted by atomic mass is 35.5. The summed E-state index contributed by atoms with van der Waals surface area (Å²) in [6.07, 6.45) is 4.61. The number of hydrogen-bond donors (Lipinski definition) is 3. The van der Waals surface area contributed by atoms with Crippen LogP contribution in [0.25, 0.3) is 0 Å². The number of carbonyl (C=O) groups is 2. The zero-order valence-corrected chi connectivity index (χ0v) is 14.2. The van der Waals surface area contributed by atoms with Gasteiger partial charge in [-0.3, -0.25) is 9.59 Å². The molecule has 0 bridgehead atoms. The standard InChI is InChI=1S/C16H19Cl2N3O2/c17-9-5-10(18)7-11(6-9)19-15(22)8-14-16(23)21-13-4-2-1-3-12(13)20-14/h5-7,12-14,20H,1-4,8H2,(H,19,22)(H,21,23)/p+1/t12-,13-,14+/m0/s1. The molecule has 1 aliphatic carbocycles. The molecule has 5 nitrogen and oxygen atoms in total. The summed E-state index contributed by atoms with van der Waals surface area (Å²) < 4.78 is 0. The lowest BCUT2D eigenvalue weighted by atomic mass is 9.87. The normalized spacial score (nSPS) is 27.0. The Bertz CT molecular complexity index is 603. The molecule has 2 fully saturated rings. The monoisotopic (exact) mass is 356 g/mol. The molecule has 0 radical (unpaired) electrons. The lowest BCUT2D eigenvalue weighted by molar-refractivity contribution is -0.718. The largest absolute Gasteiger partial charge is 0.342 e. The quantitative estimate of drug-likeness (QED) is 0.770. The highest BCUT2D eigenvalue weighted by Gasteiger charge is 2.40. The first-order valence-corrected chi connectivity index (χ1v) is 8.68. The molecule has 3 atom stereocenters. The molecule has 124 valence electrons. The second-order valence-corrected chi connectivity index (χ2v) is 7.15. The van der Waals surface area contributed by atoms with Gasteiger partial charge < -0.3 is 16.0 Å². The van der Waals surface area contributed by atoms with Gasteiger partial charge in [-0.05, 0) is 31.0 Å². The number of amides is 2. The highest BCUT2D eigenvalue weighted by Crippen LogP contribution is 2.23. The molecule has 1 saturated carbocycles. The van der Waals surface area contributed by atoms with Crippen molar-refractivity contribution in [3.8, 4) is 0 Å². The van der Waals surface area contributed by atoms with Crippen LogP contribution in [0.3, 0.4) is 0 Å². The van der Waals surface area contributed by atoms with Gasteiger partial charge >= 0.3 is 0 Å². The molecule has 7 heteroatoms. The number of hydrogen-bond acceptors (Lipinski definition) is 2. The van der Waals surface area contributed by atoms with E-state index in [0.717, 1.165) is 19.3 Å². The van der Waals surface area contributed by atoms with Crippen molar-refractivity contribution in [2.45, 2.75) is 50.2 Å². The van der Waals surface area contributed by atoms with E-state index in [1.165, 1.54) is 6.42 Å². The Balaban J connectivity index is 1.59. The number of halogens is 2. The lowest BCUT2D eigenvalue weighted by Crippen LogP contribution is -3.03. The van der Waals surface area contributed by atoms with Gasteiger partial charge in [0.1, 0.15) is 6.04 Å². The Hall–Kier alpha value is -1.30. The number of anilines is 1. The van der Waals surface area contributed by atoms with Crippen LogP contribution in [-0.4, -0.2) is 29.9 Å². The molecule has 2 amide bonds. The summed E-state index contributed by atoms with van der Waals surface area (Å²) in [5.41, 5.74) is 0.541. The van der Waals surface area contributed by atoms with Crippen molar-refractivity contribution >= 4 is 40.7 Å². The van der Waals surface area contributed by atoms with Crippen molar-refractivity contribution in [3.63, 3.8) is 0 Å². The molecule has 3 rings (SSSR count). The second-order valence-electron chi connectivity index (χ2n) is 6.27. The Morgan fingerprint density at radius 2 is 1.91 bits per heavy atom. The predicted octanol–water partition coefficient (Wildman–Crippen LogP) is 1.69. The van der Waals surface area contributed by atoms with Crippen molar-refractivity contribution in [3.05, 3.63) is 28.2 Å². The van der Waals surface area contributed by atoms with Gasteiger partial charge in [0, 0.05) is 22.2 Å². The van der Waals surface area contributed by atoms with Crippen LogP contribution in [0.2, 0.25) is 10.0 Å². The maximum atomic E-state index is 12.2. The first-order chi connectivity index (χ1) is 11.0. The number of carbonyl (C=O) groups excluding carboxylic acids is 2. The molecular weight excluding hydrogens is 337 g/mol. The van der Waals surface area contributed by atoms with Gasteiger partial charge in [0.05, 0.1) is 12.5 Å². The van der Waals surface area contributed by atoms with E-state index in [0.29, 0.717) is 21.8 Å². The van der Waals surface area contributed by atoms with Crippen molar-refractivity contribution in [1.82, 2.24) is 5.32 Å². The van der Waals surface area contributed by atoms with Crippen molar-refractivity contribution < 1.29 is 14.9 Å². The van der Waals surface area contributed by atoms with Gasteiger partial charge in [-0.2, -0.15) is 0 Å². The number of benzene rings is 1. The van der Waals surface area contributed by atoms with Crippen LogP contribution in [0.15, 0.2) is 18.2 Å². The Labute approximate surface area is 145 Å². The fraction of sp³-hybridized carbons (Fsp3) is 0.500. The van der Waals surface area contributed by atoms with Crippen LogP contribution in [0.4, 0.5) is 5.69 Å². The van der Waals surface area contributed by atoms with Crippen LogP contribution in [-0.2, 0) is 9.59 Å². The SMILES string of the molecule is O=C(C[C@H]1[NH2+][C@H]2CCCC[C@@H]2NC1=O)Nc1cc(Cl)cc(Cl)c1. The first-order valence-electron chi connectivity index (χ1n) is 7.92. The molecule has 0 aromatic heterocycles. The molecule has 4 N–H and O–H groups in total. The average Bonchev–Trinajstić information content (AvgIpc) is 2.46. The minimum absolute atomic E-state index is 0.0487. The number of nitrogens with two attached hydrogens (primary N) is 1. The lowest BCUT2D eigenvalue weighted by Gasteiger charge is -2.37. The molecular formula is C16H20Cl2N3O2+. The van der Waals surface area contributed by atoms with E-state index in [1.54, 1.807) is 18.2 Å². The topological polar surface area (TPSA) is 74.8 Å². The number of nitrogens with one attached hydrogen (secondary N) is 2. The van der Waals surface area contributed by atoms with Crippen molar-refractivity contribution in [2.24, 2.45) is 0 Å². The molecule has 1 aromatic carbocycles. The van der Waals surface area contributed by atoms with Gasteiger partial charge in [-0.1, -0.05) is 29.6 Å². The number of piperazine rings is 1. The van der Waals surface area contributed by atoms with E-state index in [9.17, 15) is 9.59 Å². The van der Waals surface area contributed by atoms with E-state index in [4.69, 9.17) is 23.2 Å². The zero-order chi connectivity index (χ0) is 16.4. The molecule has 0 spiro atoms. The summed E-state index contributed by atoms with van der Waals surface area (Å²) in [6, 6.07) is 5.14. The minimum atomic E-state index is -0.371. The van der Waals surface area contributed by atoms with Crippen LogP contribution in [0.1, 0.15) is 32.1 Å². The van der Waals surface area contributed by atoms with Crippen LogP contribution < -0.4 is 16.0 Å². The van der Waals surface area contributed by atoms with Crippen LogP contribution in [0, 0.1) is 0 Å². The third-order valence-electron chi connectivity index (χ3n) is 4.51. The van der Waals surface area contributed by atoms with Gasteiger partial charge in [-0.25, -0.2) is 0 Å². The van der Waals surface area contributed by atoms with E-state index < -0.39 is 0 Å². The number of rotatable bonds is 3. The van der Waals surface area contributed by atoms with Crippen molar-refractivity contribution in [2.75, 3.05) is 5.32 Å². The number of fused-ring (bicyclic) bond motifs is 1. The fourth-order valence-corrected chi connectivity index (χ4v) is 3.97. The van der Waals surface area contributed by atoms with Gasteiger partial charge in [0.15, 0.2) is 6.04 Å². The Morgan fingerprint density at radius 3 is 2.65 bits per heavy atom.